The number of hydrogen-bond donors (Lipinski definition) is 2. The summed E-state index contributed by atoms with van der Waals surface area (Å²) in [5, 5.41) is 29.5. The summed E-state index contributed by atoms with van der Waals surface area (Å²) in [6.07, 6.45) is -1.63. The van der Waals surface area contributed by atoms with Gasteiger partial charge in [-0.3, -0.25) is 4.79 Å². The van der Waals surface area contributed by atoms with Crippen LogP contribution in [-0.2, 0) is 4.79 Å². The first-order valence-corrected chi connectivity index (χ1v) is 7.22. The van der Waals surface area contributed by atoms with E-state index in [1.807, 2.05) is 0 Å². The number of nitrogens with zero attached hydrogens (tertiary/aromatic N) is 2. The number of benzene rings is 1. The number of aliphatic hydroxyl groups excluding tert-OH is 2. The average molecular weight is 302 g/mol. The minimum Gasteiger partial charge on any atom is -0.485 e. The summed E-state index contributed by atoms with van der Waals surface area (Å²) in [6, 6.07) is 6.39. The molecule has 2 aliphatic heterocycles. The molecule has 0 spiro atoms. The zero-order chi connectivity index (χ0) is 16.1. The van der Waals surface area contributed by atoms with Crippen LogP contribution < -0.4 is 4.74 Å². The fourth-order valence-corrected chi connectivity index (χ4v) is 3.16. The maximum absolute atomic E-state index is 12.2. The maximum atomic E-state index is 12.2. The quantitative estimate of drug-likeness (QED) is 0.797. The summed E-state index contributed by atoms with van der Waals surface area (Å²) in [5.41, 5.74) is 0.166. The van der Waals surface area contributed by atoms with Crippen molar-refractivity contribution in [1.82, 2.24) is 4.90 Å². The second-order valence-corrected chi connectivity index (χ2v) is 6.36. The SMILES string of the molecule is CC1(C)Oc2ccc(C#N)cc2[C@H](N2CC(O)CC2=O)[C@H]1O. The van der Waals surface area contributed by atoms with Crippen molar-refractivity contribution in [3.8, 4) is 11.8 Å². The second kappa shape index (κ2) is 4.97. The van der Waals surface area contributed by atoms with Gasteiger partial charge in [-0.1, -0.05) is 0 Å². The topological polar surface area (TPSA) is 93.8 Å². The smallest absolute Gasteiger partial charge is 0.225 e. The molecule has 22 heavy (non-hydrogen) atoms. The first-order chi connectivity index (χ1) is 10.3. The van der Waals surface area contributed by atoms with Gasteiger partial charge in [0.05, 0.1) is 30.2 Å². The largest absolute Gasteiger partial charge is 0.485 e. The Kier molecular flexibility index (Phi) is 3.35. The van der Waals surface area contributed by atoms with Gasteiger partial charge in [-0.25, -0.2) is 0 Å². The highest BCUT2D eigenvalue weighted by Crippen LogP contribution is 2.44. The summed E-state index contributed by atoms with van der Waals surface area (Å²) in [7, 11) is 0. The van der Waals surface area contributed by atoms with E-state index in [2.05, 4.69) is 6.07 Å². The molecule has 6 nitrogen and oxygen atoms in total. The predicted octanol–water partition coefficient (Wildman–Crippen LogP) is 0.724. The van der Waals surface area contributed by atoms with Crippen LogP contribution in [0.15, 0.2) is 18.2 Å². The summed E-state index contributed by atoms with van der Waals surface area (Å²) in [5.74, 6) is 0.344. The van der Waals surface area contributed by atoms with E-state index in [1.54, 1.807) is 32.0 Å². The third-order valence-electron chi connectivity index (χ3n) is 4.32. The zero-order valence-electron chi connectivity index (χ0n) is 12.5. The molecular weight excluding hydrogens is 284 g/mol. The van der Waals surface area contributed by atoms with Gasteiger partial charge in [0, 0.05) is 12.1 Å². The Hall–Kier alpha value is -2.10. The number of amides is 1. The van der Waals surface area contributed by atoms with Crippen molar-refractivity contribution in [1.29, 1.82) is 5.26 Å². The molecule has 2 N–H and O–H groups in total. The van der Waals surface area contributed by atoms with Crippen LogP contribution in [0.5, 0.6) is 5.75 Å². The Bertz CT molecular complexity index is 665. The second-order valence-electron chi connectivity index (χ2n) is 6.36. The lowest BCUT2D eigenvalue weighted by Crippen LogP contribution is -2.54. The number of carbonyl (C=O) groups excluding carboxylic acids is 1. The van der Waals surface area contributed by atoms with Crippen molar-refractivity contribution in [2.45, 2.75) is 44.1 Å². The van der Waals surface area contributed by atoms with Crippen LogP contribution in [0.1, 0.15) is 37.4 Å². The van der Waals surface area contributed by atoms with Crippen LogP contribution in [0.4, 0.5) is 0 Å². The summed E-state index contributed by atoms with van der Waals surface area (Å²) < 4.78 is 5.82. The van der Waals surface area contributed by atoms with Crippen molar-refractivity contribution in [2.75, 3.05) is 6.54 Å². The van der Waals surface area contributed by atoms with Crippen LogP contribution in [0.2, 0.25) is 0 Å². The van der Waals surface area contributed by atoms with Crippen LogP contribution >= 0.6 is 0 Å². The van der Waals surface area contributed by atoms with Crippen molar-refractivity contribution in [2.24, 2.45) is 0 Å². The highest BCUT2D eigenvalue weighted by molar-refractivity contribution is 5.80. The molecule has 2 aliphatic rings. The molecular formula is C16H18N2O4. The summed E-state index contributed by atoms with van der Waals surface area (Å²) in [4.78, 5) is 13.6. The molecule has 0 aromatic heterocycles. The van der Waals surface area contributed by atoms with Crippen LogP contribution in [0.25, 0.3) is 0 Å². The number of aliphatic hydroxyl groups is 2. The van der Waals surface area contributed by atoms with Gasteiger partial charge in [-0.15, -0.1) is 0 Å². The van der Waals surface area contributed by atoms with Crippen molar-refractivity contribution in [3.05, 3.63) is 29.3 Å². The summed E-state index contributed by atoms with van der Waals surface area (Å²) >= 11 is 0. The lowest BCUT2D eigenvalue weighted by atomic mass is 9.85. The third kappa shape index (κ3) is 2.23. The van der Waals surface area contributed by atoms with Gasteiger partial charge in [0.1, 0.15) is 17.5 Å². The van der Waals surface area contributed by atoms with Crippen LogP contribution in [0, 0.1) is 11.3 Å². The molecule has 116 valence electrons. The van der Waals surface area contributed by atoms with Crippen molar-refractivity contribution in [3.63, 3.8) is 0 Å². The van der Waals surface area contributed by atoms with E-state index in [4.69, 9.17) is 10.00 Å². The molecule has 1 unspecified atom stereocenters. The van der Waals surface area contributed by atoms with E-state index in [1.165, 1.54) is 4.90 Å². The van der Waals surface area contributed by atoms with Crippen LogP contribution in [0.3, 0.4) is 0 Å². The fraction of sp³-hybridized carbons (Fsp3) is 0.500. The molecule has 0 aliphatic carbocycles. The predicted molar refractivity (Wildman–Crippen MR) is 76.9 cm³/mol. The Labute approximate surface area is 128 Å². The van der Waals surface area contributed by atoms with Crippen LogP contribution in [-0.4, -0.2) is 45.4 Å². The molecule has 1 saturated heterocycles. The van der Waals surface area contributed by atoms with Gasteiger partial charge in [-0.05, 0) is 32.0 Å². The standard InChI is InChI=1S/C16H18N2O4/c1-16(2)15(21)14(18-8-10(19)6-13(18)20)11-5-9(7-17)3-4-12(11)22-16/h3-5,10,14-15,19,21H,6,8H2,1-2H3/t10?,14-,15+/m0/s1. The minimum atomic E-state index is -0.955. The molecule has 1 amide bonds. The highest BCUT2D eigenvalue weighted by atomic mass is 16.5. The van der Waals surface area contributed by atoms with Gasteiger partial charge in [-0.2, -0.15) is 5.26 Å². The van der Waals surface area contributed by atoms with E-state index in [-0.39, 0.29) is 18.9 Å². The number of nitriles is 1. The molecule has 2 heterocycles. The first-order valence-electron chi connectivity index (χ1n) is 7.22. The Morgan fingerprint density at radius 1 is 1.41 bits per heavy atom. The zero-order valence-corrected chi connectivity index (χ0v) is 12.5. The maximum Gasteiger partial charge on any atom is 0.225 e. The van der Waals surface area contributed by atoms with Gasteiger partial charge in [0.2, 0.25) is 5.91 Å². The lowest BCUT2D eigenvalue weighted by molar-refractivity contribution is -0.139. The number of likely N-dealkylation sites (tertiary alicyclic amines) is 1. The number of hydrogen-bond acceptors (Lipinski definition) is 5. The normalized spacial score (nSPS) is 29.7. The van der Waals surface area contributed by atoms with Gasteiger partial charge in [0.15, 0.2) is 0 Å². The number of carbonyl (C=O) groups is 1. The Morgan fingerprint density at radius 2 is 2.14 bits per heavy atom. The van der Waals surface area contributed by atoms with Gasteiger partial charge < -0.3 is 19.8 Å². The molecule has 1 fully saturated rings. The molecule has 6 heteroatoms. The monoisotopic (exact) mass is 302 g/mol. The number of β-amino-alcohol motifs (C(OH)–C–C–N with tert-alkyl or cyclic N) is 1. The summed E-state index contributed by atoms with van der Waals surface area (Å²) in [6.45, 7) is 3.68. The number of ether oxygens (including phenoxy) is 1. The third-order valence-corrected chi connectivity index (χ3v) is 4.32. The van der Waals surface area contributed by atoms with Crippen molar-refractivity contribution >= 4 is 5.91 Å². The van der Waals surface area contributed by atoms with E-state index >= 15 is 0 Å². The molecule has 0 radical (unpaired) electrons. The number of fused-ring (bicyclic) bond motifs is 1. The van der Waals surface area contributed by atoms with Gasteiger partial charge >= 0.3 is 0 Å². The van der Waals surface area contributed by atoms with E-state index in [9.17, 15) is 15.0 Å². The Morgan fingerprint density at radius 3 is 2.73 bits per heavy atom. The molecule has 3 rings (SSSR count). The van der Waals surface area contributed by atoms with Crippen molar-refractivity contribution < 1.29 is 19.7 Å². The first kappa shape index (κ1) is 14.8. The van der Waals surface area contributed by atoms with E-state index < -0.39 is 23.9 Å². The Balaban J connectivity index is 2.11. The molecule has 1 aromatic carbocycles. The van der Waals surface area contributed by atoms with Gasteiger partial charge in [0.25, 0.3) is 0 Å². The average Bonchev–Trinajstić information content (AvgIpc) is 2.78. The molecule has 3 atom stereocenters. The molecule has 0 saturated carbocycles. The minimum absolute atomic E-state index is 0.0534. The van der Waals surface area contributed by atoms with E-state index in [0.29, 0.717) is 16.9 Å². The highest BCUT2D eigenvalue weighted by Gasteiger charge is 2.48. The molecule has 1 aromatic rings. The van der Waals surface area contributed by atoms with E-state index in [0.717, 1.165) is 0 Å². The molecule has 0 bridgehead atoms. The fourth-order valence-electron chi connectivity index (χ4n) is 3.16. The lowest BCUT2D eigenvalue weighted by Gasteiger charge is -2.45. The number of rotatable bonds is 1.